The van der Waals surface area contributed by atoms with Crippen LogP contribution < -0.4 is 10.1 Å². The molecule has 2 aromatic heterocycles. The maximum absolute atomic E-state index is 12.5. The van der Waals surface area contributed by atoms with E-state index < -0.39 is 0 Å². The summed E-state index contributed by atoms with van der Waals surface area (Å²) in [6.07, 6.45) is 2.57. The fourth-order valence-electron chi connectivity index (χ4n) is 2.98. The van der Waals surface area contributed by atoms with Gasteiger partial charge in [0.05, 0.1) is 17.9 Å². The van der Waals surface area contributed by atoms with Gasteiger partial charge in [0.1, 0.15) is 5.75 Å². The molecular formula is C23H28N4O2. The quantitative estimate of drug-likeness (QED) is 0.623. The SMILES string of the molecule is Cc1cc(C)n(-c2ccc(C(=O)NCc3ccccc3OCCC(C)C)cn2)n1. The molecule has 6 heteroatoms. The van der Waals surface area contributed by atoms with Crippen molar-refractivity contribution in [1.82, 2.24) is 20.1 Å². The molecule has 0 fully saturated rings. The number of aromatic nitrogens is 3. The lowest BCUT2D eigenvalue weighted by Crippen LogP contribution is -2.23. The minimum atomic E-state index is -0.172. The fraction of sp³-hybridized carbons (Fsp3) is 0.348. The summed E-state index contributed by atoms with van der Waals surface area (Å²) in [5.74, 6) is 1.92. The van der Waals surface area contributed by atoms with Crippen LogP contribution in [0.4, 0.5) is 0 Å². The number of nitrogens with one attached hydrogen (secondary N) is 1. The second-order valence-corrected chi connectivity index (χ2v) is 7.57. The lowest BCUT2D eigenvalue weighted by molar-refractivity contribution is 0.0950. The van der Waals surface area contributed by atoms with Crippen LogP contribution in [-0.4, -0.2) is 27.3 Å². The van der Waals surface area contributed by atoms with Crippen LogP contribution in [0.25, 0.3) is 5.82 Å². The Bertz CT molecular complexity index is 961. The molecule has 0 saturated carbocycles. The van der Waals surface area contributed by atoms with Crippen LogP contribution >= 0.6 is 0 Å². The van der Waals surface area contributed by atoms with Crippen molar-refractivity contribution in [3.63, 3.8) is 0 Å². The van der Waals surface area contributed by atoms with E-state index in [2.05, 4.69) is 29.2 Å². The molecule has 3 aromatic rings. The summed E-state index contributed by atoms with van der Waals surface area (Å²) < 4.78 is 7.66. The highest BCUT2D eigenvalue weighted by Crippen LogP contribution is 2.19. The van der Waals surface area contributed by atoms with E-state index in [4.69, 9.17) is 4.74 Å². The Balaban J connectivity index is 1.62. The van der Waals surface area contributed by atoms with E-state index in [9.17, 15) is 4.79 Å². The molecule has 0 aliphatic heterocycles. The van der Waals surface area contributed by atoms with E-state index in [0.717, 1.165) is 29.1 Å². The molecule has 0 spiro atoms. The second kappa shape index (κ2) is 9.37. The minimum absolute atomic E-state index is 0.172. The van der Waals surface area contributed by atoms with Gasteiger partial charge >= 0.3 is 0 Å². The summed E-state index contributed by atoms with van der Waals surface area (Å²) in [5, 5.41) is 7.36. The molecule has 6 nitrogen and oxygen atoms in total. The smallest absolute Gasteiger partial charge is 0.253 e. The predicted octanol–water partition coefficient (Wildman–Crippen LogP) is 4.24. The highest BCUT2D eigenvalue weighted by Gasteiger charge is 2.10. The summed E-state index contributed by atoms with van der Waals surface area (Å²) in [5.41, 5.74) is 3.40. The van der Waals surface area contributed by atoms with Gasteiger partial charge in [-0.15, -0.1) is 0 Å². The molecule has 1 aromatic carbocycles. The standard InChI is InChI=1S/C23H28N4O2/c1-16(2)11-12-29-21-8-6-5-7-19(21)14-25-23(28)20-9-10-22(24-15-20)27-18(4)13-17(3)26-27/h5-10,13,15-16H,11-12,14H2,1-4H3,(H,25,28). The number of carbonyl (C=O) groups is 1. The molecule has 3 rings (SSSR count). The maximum atomic E-state index is 12.5. The third-order valence-corrected chi connectivity index (χ3v) is 4.60. The van der Waals surface area contributed by atoms with E-state index in [1.807, 2.05) is 44.2 Å². The summed E-state index contributed by atoms with van der Waals surface area (Å²) in [6, 6.07) is 13.3. The van der Waals surface area contributed by atoms with Crippen molar-refractivity contribution in [3.8, 4) is 11.6 Å². The van der Waals surface area contributed by atoms with Crippen molar-refractivity contribution in [2.24, 2.45) is 5.92 Å². The van der Waals surface area contributed by atoms with Crippen molar-refractivity contribution < 1.29 is 9.53 Å². The lowest BCUT2D eigenvalue weighted by Gasteiger charge is -2.13. The number of para-hydroxylation sites is 1. The highest BCUT2D eigenvalue weighted by atomic mass is 16.5. The van der Waals surface area contributed by atoms with Gasteiger partial charge in [0.2, 0.25) is 0 Å². The van der Waals surface area contributed by atoms with Crippen molar-refractivity contribution in [1.29, 1.82) is 0 Å². The van der Waals surface area contributed by atoms with E-state index >= 15 is 0 Å². The molecule has 0 aliphatic carbocycles. The van der Waals surface area contributed by atoms with Crippen molar-refractivity contribution in [2.45, 2.75) is 40.7 Å². The summed E-state index contributed by atoms with van der Waals surface area (Å²) >= 11 is 0. The fourth-order valence-corrected chi connectivity index (χ4v) is 2.98. The third-order valence-electron chi connectivity index (χ3n) is 4.60. The average molecular weight is 393 g/mol. The van der Waals surface area contributed by atoms with Crippen molar-refractivity contribution in [2.75, 3.05) is 6.61 Å². The summed E-state index contributed by atoms with van der Waals surface area (Å²) in [6.45, 7) is 9.32. The van der Waals surface area contributed by atoms with E-state index in [-0.39, 0.29) is 5.91 Å². The Labute approximate surface area is 171 Å². The van der Waals surface area contributed by atoms with Gasteiger partial charge in [-0.3, -0.25) is 4.79 Å². The van der Waals surface area contributed by atoms with E-state index in [1.165, 1.54) is 0 Å². The van der Waals surface area contributed by atoms with Crippen LogP contribution in [0.15, 0.2) is 48.7 Å². The Kier molecular flexibility index (Phi) is 6.65. The number of ether oxygens (including phenoxy) is 1. The van der Waals surface area contributed by atoms with Gasteiger partial charge in [0.15, 0.2) is 5.82 Å². The first kappa shape index (κ1) is 20.6. The van der Waals surface area contributed by atoms with Gasteiger partial charge in [0.25, 0.3) is 5.91 Å². The molecule has 0 unspecified atom stereocenters. The normalized spacial score (nSPS) is 10.9. The molecule has 0 radical (unpaired) electrons. The number of amides is 1. The average Bonchev–Trinajstić information content (AvgIpc) is 3.05. The zero-order valence-electron chi connectivity index (χ0n) is 17.5. The van der Waals surface area contributed by atoms with Crippen molar-refractivity contribution >= 4 is 5.91 Å². The Morgan fingerprint density at radius 1 is 1.17 bits per heavy atom. The number of aryl methyl sites for hydroxylation is 2. The lowest BCUT2D eigenvalue weighted by atomic mass is 10.1. The van der Waals surface area contributed by atoms with Gasteiger partial charge < -0.3 is 10.1 Å². The molecule has 152 valence electrons. The number of rotatable bonds is 8. The number of hydrogen-bond acceptors (Lipinski definition) is 4. The molecule has 1 amide bonds. The van der Waals surface area contributed by atoms with Crippen molar-refractivity contribution in [3.05, 3.63) is 71.2 Å². The number of carbonyl (C=O) groups excluding carboxylic acids is 1. The zero-order chi connectivity index (χ0) is 20.8. The van der Waals surface area contributed by atoms with Gasteiger partial charge in [0, 0.05) is 24.0 Å². The predicted molar refractivity (Wildman–Crippen MR) is 113 cm³/mol. The first-order valence-electron chi connectivity index (χ1n) is 9.92. The molecule has 0 bridgehead atoms. The Hall–Kier alpha value is -3.15. The van der Waals surface area contributed by atoms with Gasteiger partial charge in [-0.2, -0.15) is 5.10 Å². The maximum Gasteiger partial charge on any atom is 0.253 e. The topological polar surface area (TPSA) is 69.0 Å². The molecule has 0 saturated heterocycles. The Morgan fingerprint density at radius 2 is 1.97 bits per heavy atom. The van der Waals surface area contributed by atoms with Gasteiger partial charge in [-0.25, -0.2) is 9.67 Å². The zero-order valence-corrected chi connectivity index (χ0v) is 17.5. The van der Waals surface area contributed by atoms with Crippen LogP contribution in [0, 0.1) is 19.8 Å². The summed E-state index contributed by atoms with van der Waals surface area (Å²) in [4.78, 5) is 16.9. The molecule has 29 heavy (non-hydrogen) atoms. The van der Waals surface area contributed by atoms with E-state index in [1.54, 1.807) is 23.0 Å². The highest BCUT2D eigenvalue weighted by molar-refractivity contribution is 5.93. The number of benzene rings is 1. The number of hydrogen-bond donors (Lipinski definition) is 1. The molecule has 0 aliphatic rings. The number of nitrogens with zero attached hydrogens (tertiary/aromatic N) is 3. The van der Waals surface area contributed by atoms with Crippen LogP contribution in [0.3, 0.4) is 0 Å². The third kappa shape index (κ3) is 5.44. The molecule has 2 heterocycles. The van der Waals surface area contributed by atoms with Gasteiger partial charge in [-0.05, 0) is 50.5 Å². The van der Waals surface area contributed by atoms with Crippen LogP contribution in [0.1, 0.15) is 47.6 Å². The largest absolute Gasteiger partial charge is 0.493 e. The first-order chi connectivity index (χ1) is 13.9. The van der Waals surface area contributed by atoms with E-state index in [0.29, 0.717) is 30.5 Å². The molecule has 1 N–H and O–H groups in total. The molecular weight excluding hydrogens is 364 g/mol. The first-order valence-corrected chi connectivity index (χ1v) is 9.92. The van der Waals surface area contributed by atoms with Gasteiger partial charge in [-0.1, -0.05) is 32.0 Å². The monoisotopic (exact) mass is 392 g/mol. The van der Waals surface area contributed by atoms with Crippen LogP contribution in [0.5, 0.6) is 5.75 Å². The van der Waals surface area contributed by atoms with Crippen LogP contribution in [0.2, 0.25) is 0 Å². The minimum Gasteiger partial charge on any atom is -0.493 e. The Morgan fingerprint density at radius 3 is 2.62 bits per heavy atom. The molecule has 0 atom stereocenters. The summed E-state index contributed by atoms with van der Waals surface area (Å²) in [7, 11) is 0. The number of pyridine rings is 1. The second-order valence-electron chi connectivity index (χ2n) is 7.57. The van der Waals surface area contributed by atoms with Crippen LogP contribution in [-0.2, 0) is 6.54 Å².